The second kappa shape index (κ2) is 9.15. The fraction of sp³-hybridized carbons (Fsp3) is 0.400. The molecule has 3 N–H and O–H groups in total. The molecule has 2 aromatic carbocycles. The van der Waals surface area contributed by atoms with Crippen molar-refractivity contribution in [2.75, 3.05) is 18.4 Å². The van der Waals surface area contributed by atoms with Gasteiger partial charge in [0, 0.05) is 24.3 Å². The van der Waals surface area contributed by atoms with Crippen molar-refractivity contribution in [2.45, 2.75) is 37.0 Å². The lowest BCUT2D eigenvalue weighted by atomic mass is 10.0. The second-order valence-electron chi connectivity index (χ2n) is 7.42. The van der Waals surface area contributed by atoms with Crippen LogP contribution in [-0.2, 0) is 10.0 Å². The summed E-state index contributed by atoms with van der Waals surface area (Å²) in [6.45, 7) is 1.98. The van der Waals surface area contributed by atoms with Gasteiger partial charge in [-0.25, -0.2) is 17.2 Å². The summed E-state index contributed by atoms with van der Waals surface area (Å²) >= 11 is 5.72. The van der Waals surface area contributed by atoms with Crippen molar-refractivity contribution in [3.8, 4) is 0 Å². The van der Waals surface area contributed by atoms with Crippen LogP contribution in [0.4, 0.5) is 14.5 Å². The van der Waals surface area contributed by atoms with E-state index in [1.807, 2.05) is 0 Å². The lowest BCUT2D eigenvalue weighted by Gasteiger charge is -2.24. The predicted octanol–water partition coefficient (Wildman–Crippen LogP) is 3.50. The van der Waals surface area contributed by atoms with Crippen LogP contribution < -0.4 is 5.32 Å². The molecule has 3 atom stereocenters. The number of halogens is 3. The molecule has 0 aromatic heterocycles. The van der Waals surface area contributed by atoms with Crippen molar-refractivity contribution in [3.63, 3.8) is 0 Å². The first-order valence-electron chi connectivity index (χ1n) is 9.47. The van der Waals surface area contributed by atoms with Crippen LogP contribution in [0.25, 0.3) is 0 Å². The van der Waals surface area contributed by atoms with Gasteiger partial charge in [0.1, 0.15) is 16.5 Å². The van der Waals surface area contributed by atoms with Crippen LogP contribution in [0.5, 0.6) is 0 Å². The first-order chi connectivity index (χ1) is 14.1. The topological polar surface area (TPSA) is 89.9 Å². The molecule has 30 heavy (non-hydrogen) atoms. The van der Waals surface area contributed by atoms with Gasteiger partial charge in [-0.3, -0.25) is 0 Å². The van der Waals surface area contributed by atoms with E-state index >= 15 is 0 Å². The summed E-state index contributed by atoms with van der Waals surface area (Å²) in [4.78, 5) is -0.554. The minimum Gasteiger partial charge on any atom is -0.393 e. The van der Waals surface area contributed by atoms with Crippen molar-refractivity contribution >= 4 is 27.3 Å². The first-order valence-corrected chi connectivity index (χ1v) is 11.3. The van der Waals surface area contributed by atoms with Crippen molar-refractivity contribution in [1.29, 1.82) is 0 Å². The number of sulfonamides is 1. The van der Waals surface area contributed by atoms with Crippen LogP contribution in [0.2, 0.25) is 5.02 Å². The van der Waals surface area contributed by atoms with E-state index in [0.717, 1.165) is 22.5 Å². The third-order valence-electron chi connectivity index (χ3n) is 5.17. The molecule has 10 heteroatoms. The Balaban J connectivity index is 1.87. The van der Waals surface area contributed by atoms with E-state index in [2.05, 4.69) is 5.32 Å². The van der Waals surface area contributed by atoms with Crippen LogP contribution in [0.15, 0.2) is 41.3 Å². The monoisotopic (exact) mass is 460 g/mol. The fourth-order valence-corrected chi connectivity index (χ4v) is 5.23. The Morgan fingerprint density at radius 1 is 1.20 bits per heavy atom. The molecular weight excluding hydrogens is 438 g/mol. The molecule has 0 radical (unpaired) electrons. The summed E-state index contributed by atoms with van der Waals surface area (Å²) in [5, 5.41) is 22.9. The van der Waals surface area contributed by atoms with E-state index in [4.69, 9.17) is 11.6 Å². The van der Waals surface area contributed by atoms with Gasteiger partial charge in [-0.1, -0.05) is 24.6 Å². The Morgan fingerprint density at radius 3 is 2.60 bits per heavy atom. The minimum absolute atomic E-state index is 0.0715. The number of aliphatic hydroxyl groups is 2. The average molecular weight is 461 g/mol. The predicted molar refractivity (Wildman–Crippen MR) is 110 cm³/mol. The third-order valence-corrected chi connectivity index (χ3v) is 7.34. The fourth-order valence-electron chi connectivity index (χ4n) is 3.37. The number of rotatable bonds is 5. The molecule has 0 bridgehead atoms. The zero-order valence-electron chi connectivity index (χ0n) is 16.2. The zero-order chi connectivity index (χ0) is 22.1. The van der Waals surface area contributed by atoms with Crippen molar-refractivity contribution in [2.24, 2.45) is 5.92 Å². The summed E-state index contributed by atoms with van der Waals surface area (Å²) in [5.74, 6) is -1.85. The normalized spacial score (nSPS) is 21.8. The van der Waals surface area contributed by atoms with Crippen LogP contribution in [-0.4, -0.2) is 42.1 Å². The molecule has 1 saturated heterocycles. The van der Waals surface area contributed by atoms with Crippen molar-refractivity contribution in [3.05, 3.63) is 58.6 Å². The van der Waals surface area contributed by atoms with Gasteiger partial charge in [0.15, 0.2) is 6.23 Å². The highest BCUT2D eigenvalue weighted by atomic mass is 35.5. The standard InChI is InChI=1S/C20H23ClF2N2O4S/c1-12-11-25(8-2-3-18(12)26)30(28,29)19-9-13(4-6-17(19)23)20(27)24-14-5-7-16(22)15(21)10-14/h4-7,9-10,12,18,20,24,26-27H,2-3,8,11H2,1H3. The van der Waals surface area contributed by atoms with Crippen LogP contribution in [0, 0.1) is 17.6 Å². The van der Waals surface area contributed by atoms with E-state index in [9.17, 15) is 27.4 Å². The summed E-state index contributed by atoms with van der Waals surface area (Å²) in [6, 6.07) is 7.04. The van der Waals surface area contributed by atoms with Crippen LogP contribution in [0.3, 0.4) is 0 Å². The molecule has 164 valence electrons. The highest BCUT2D eigenvalue weighted by molar-refractivity contribution is 7.89. The zero-order valence-corrected chi connectivity index (χ0v) is 17.8. The Morgan fingerprint density at radius 2 is 1.90 bits per heavy atom. The number of hydrogen-bond acceptors (Lipinski definition) is 5. The number of hydrogen-bond donors (Lipinski definition) is 3. The van der Waals surface area contributed by atoms with E-state index in [1.54, 1.807) is 6.92 Å². The number of anilines is 1. The lowest BCUT2D eigenvalue weighted by Crippen LogP contribution is -2.36. The van der Waals surface area contributed by atoms with Gasteiger partial charge in [-0.2, -0.15) is 4.31 Å². The molecule has 2 aromatic rings. The maximum Gasteiger partial charge on any atom is 0.246 e. The van der Waals surface area contributed by atoms with Crippen LogP contribution in [0.1, 0.15) is 31.6 Å². The maximum atomic E-state index is 14.5. The SMILES string of the molecule is CC1CN(S(=O)(=O)c2cc(C(O)Nc3ccc(F)c(Cl)c3)ccc2F)CCCC1O. The number of nitrogens with zero attached hydrogens (tertiary/aromatic N) is 1. The van der Waals surface area contributed by atoms with Gasteiger partial charge in [0.25, 0.3) is 0 Å². The molecule has 1 heterocycles. The third kappa shape index (κ3) is 4.92. The smallest absolute Gasteiger partial charge is 0.246 e. The van der Waals surface area contributed by atoms with E-state index in [0.29, 0.717) is 18.5 Å². The Bertz CT molecular complexity index is 1020. The van der Waals surface area contributed by atoms with Crippen molar-refractivity contribution in [1.82, 2.24) is 4.31 Å². The summed E-state index contributed by atoms with van der Waals surface area (Å²) < 4.78 is 55.1. The van der Waals surface area contributed by atoms with Gasteiger partial charge in [0.05, 0.1) is 11.1 Å². The molecule has 1 fully saturated rings. The van der Waals surface area contributed by atoms with Gasteiger partial charge in [-0.05, 0) is 49.1 Å². The molecule has 1 aliphatic rings. The molecule has 3 unspecified atom stereocenters. The molecule has 1 aliphatic heterocycles. The molecule has 6 nitrogen and oxygen atoms in total. The van der Waals surface area contributed by atoms with Crippen molar-refractivity contribution < 1.29 is 27.4 Å². The molecule has 0 spiro atoms. The van der Waals surface area contributed by atoms with Crippen LogP contribution >= 0.6 is 11.6 Å². The summed E-state index contributed by atoms with van der Waals surface area (Å²) in [6.07, 6.45) is -1.07. The number of nitrogens with one attached hydrogen (secondary N) is 1. The van der Waals surface area contributed by atoms with Gasteiger partial charge >= 0.3 is 0 Å². The molecule has 0 aliphatic carbocycles. The largest absolute Gasteiger partial charge is 0.393 e. The molecule has 0 saturated carbocycles. The second-order valence-corrected chi connectivity index (χ2v) is 9.73. The molecule has 0 amide bonds. The quantitative estimate of drug-likeness (QED) is 0.594. The molecule has 3 rings (SSSR count). The van der Waals surface area contributed by atoms with Gasteiger partial charge in [0.2, 0.25) is 10.0 Å². The number of benzene rings is 2. The minimum atomic E-state index is -4.18. The maximum absolute atomic E-state index is 14.5. The van der Waals surface area contributed by atoms with E-state index in [-0.39, 0.29) is 29.6 Å². The average Bonchev–Trinajstić information content (AvgIpc) is 2.86. The van der Waals surface area contributed by atoms with E-state index < -0.39 is 38.9 Å². The van der Waals surface area contributed by atoms with E-state index in [1.165, 1.54) is 18.2 Å². The van der Waals surface area contributed by atoms with Gasteiger partial charge in [-0.15, -0.1) is 0 Å². The Hall–Kier alpha value is -1.78. The summed E-state index contributed by atoms with van der Waals surface area (Å²) in [5.41, 5.74) is 0.413. The Kier molecular flexibility index (Phi) is 6.98. The lowest BCUT2D eigenvalue weighted by molar-refractivity contribution is 0.111. The summed E-state index contributed by atoms with van der Waals surface area (Å²) in [7, 11) is -4.18. The molecular formula is C20H23ClF2N2O4S. The first kappa shape index (κ1) is 22.9. The Labute approximate surface area is 179 Å². The van der Waals surface area contributed by atoms with Gasteiger partial charge < -0.3 is 15.5 Å². The highest BCUT2D eigenvalue weighted by Crippen LogP contribution is 2.28. The number of aliphatic hydroxyl groups excluding tert-OH is 2. The highest BCUT2D eigenvalue weighted by Gasteiger charge is 2.33.